The minimum absolute atomic E-state index is 0.800. The lowest BCUT2D eigenvalue weighted by Crippen LogP contribution is -1.89. The minimum atomic E-state index is 0.800. The van der Waals surface area contributed by atoms with Crippen LogP contribution in [0.2, 0.25) is 0 Å². The summed E-state index contributed by atoms with van der Waals surface area (Å²) in [5.41, 5.74) is 2.37. The lowest BCUT2D eigenvalue weighted by atomic mass is 10.1. The molecule has 0 aliphatic rings. The smallest absolute Gasteiger partial charge is 0.165 e. The van der Waals surface area contributed by atoms with Gasteiger partial charge in [-0.2, -0.15) is 0 Å². The second kappa shape index (κ2) is 9.47. The van der Waals surface area contributed by atoms with Gasteiger partial charge in [-0.1, -0.05) is 68.7 Å². The molecule has 0 atom stereocenters. The van der Waals surface area contributed by atoms with Gasteiger partial charge in [0.15, 0.2) is 4.67 Å². The van der Waals surface area contributed by atoms with E-state index in [4.69, 9.17) is 4.74 Å². The van der Waals surface area contributed by atoms with E-state index >= 15 is 0 Å². The van der Waals surface area contributed by atoms with Crippen LogP contribution in [0, 0.1) is 0 Å². The Morgan fingerprint density at radius 1 is 0.955 bits per heavy atom. The van der Waals surface area contributed by atoms with Crippen LogP contribution in [0.15, 0.2) is 65.3 Å². The number of rotatable bonds is 8. The molecule has 0 radical (unpaired) electrons. The van der Waals surface area contributed by atoms with E-state index in [2.05, 4.69) is 65.3 Å². The first kappa shape index (κ1) is 16.8. The molecule has 0 bridgehead atoms. The zero-order chi connectivity index (χ0) is 15.6. The van der Waals surface area contributed by atoms with Crippen molar-refractivity contribution >= 4 is 15.9 Å². The first-order valence-electron chi connectivity index (χ1n) is 7.98. The number of ether oxygens (including phenoxy) is 1. The van der Waals surface area contributed by atoms with Crippen molar-refractivity contribution in [2.45, 2.75) is 39.0 Å². The average molecular weight is 359 g/mol. The maximum atomic E-state index is 5.86. The quantitative estimate of drug-likeness (QED) is 0.366. The Balaban J connectivity index is 1.94. The molecule has 0 aliphatic carbocycles. The lowest BCUT2D eigenvalue weighted by Gasteiger charge is -2.07. The van der Waals surface area contributed by atoms with E-state index in [-0.39, 0.29) is 0 Å². The summed E-state index contributed by atoms with van der Waals surface area (Å²) in [4.78, 5) is 0. The van der Waals surface area contributed by atoms with E-state index in [0.717, 1.165) is 16.8 Å². The van der Waals surface area contributed by atoms with Crippen LogP contribution in [0.5, 0.6) is 5.75 Å². The molecule has 0 spiro atoms. The third-order valence-corrected chi connectivity index (χ3v) is 4.00. The van der Waals surface area contributed by atoms with Crippen molar-refractivity contribution in [2.75, 3.05) is 0 Å². The van der Waals surface area contributed by atoms with Crippen LogP contribution in [-0.4, -0.2) is 0 Å². The van der Waals surface area contributed by atoms with Gasteiger partial charge in [0, 0.05) is 0 Å². The summed E-state index contributed by atoms with van der Waals surface area (Å²) in [6.07, 6.45) is 8.26. The molecule has 0 aliphatic heterocycles. The molecule has 2 aromatic rings. The van der Waals surface area contributed by atoms with Gasteiger partial charge in [0.05, 0.1) is 0 Å². The Bertz CT molecular complexity index is 590. The Morgan fingerprint density at radius 3 is 2.50 bits per heavy atom. The van der Waals surface area contributed by atoms with Crippen molar-refractivity contribution < 1.29 is 4.74 Å². The van der Waals surface area contributed by atoms with Gasteiger partial charge in [-0.15, -0.1) is 0 Å². The largest absolute Gasteiger partial charge is 0.450 e. The molecular weight excluding hydrogens is 336 g/mol. The monoisotopic (exact) mass is 358 g/mol. The highest BCUT2D eigenvalue weighted by Gasteiger charge is 2.01. The molecule has 0 aromatic heterocycles. The molecule has 2 heteroatoms. The molecule has 1 nitrogen and oxygen atoms in total. The van der Waals surface area contributed by atoms with Crippen molar-refractivity contribution in [3.63, 3.8) is 0 Å². The fourth-order valence-electron chi connectivity index (χ4n) is 2.31. The van der Waals surface area contributed by atoms with Gasteiger partial charge in [0.25, 0.3) is 0 Å². The maximum absolute atomic E-state index is 5.86. The van der Waals surface area contributed by atoms with Crippen molar-refractivity contribution in [1.29, 1.82) is 0 Å². The standard InChI is InChI=1S/C20H23BrO/c1-2-3-4-5-9-15-20(21)22-19-14-10-13-18(16-19)17-11-7-6-8-12-17/h6-8,10-16H,2-5,9H2,1H3/b20-15+. The van der Waals surface area contributed by atoms with Crippen molar-refractivity contribution in [3.8, 4) is 16.9 Å². The molecule has 0 amide bonds. The Kier molecular flexibility index (Phi) is 7.24. The van der Waals surface area contributed by atoms with E-state index in [1.807, 2.05) is 18.2 Å². The SMILES string of the molecule is CCCCCC/C=C(\Br)Oc1cccc(-c2ccccc2)c1. The van der Waals surface area contributed by atoms with Crippen LogP contribution in [0.1, 0.15) is 39.0 Å². The molecule has 22 heavy (non-hydrogen) atoms. The number of hydrogen-bond acceptors (Lipinski definition) is 1. The van der Waals surface area contributed by atoms with Crippen LogP contribution in [-0.2, 0) is 0 Å². The van der Waals surface area contributed by atoms with E-state index in [0.29, 0.717) is 0 Å². The van der Waals surface area contributed by atoms with Gasteiger partial charge >= 0.3 is 0 Å². The molecule has 116 valence electrons. The number of benzene rings is 2. The van der Waals surface area contributed by atoms with Gasteiger partial charge in [-0.05, 0) is 58.1 Å². The van der Waals surface area contributed by atoms with E-state index in [1.165, 1.54) is 36.8 Å². The molecule has 0 saturated carbocycles. The van der Waals surface area contributed by atoms with Gasteiger partial charge in [0.1, 0.15) is 5.75 Å². The summed E-state index contributed by atoms with van der Waals surface area (Å²) in [6.45, 7) is 2.23. The number of hydrogen-bond donors (Lipinski definition) is 0. The summed E-state index contributed by atoms with van der Waals surface area (Å²) >= 11 is 3.50. The summed E-state index contributed by atoms with van der Waals surface area (Å²) in [5.74, 6) is 0.859. The first-order valence-corrected chi connectivity index (χ1v) is 8.78. The van der Waals surface area contributed by atoms with Gasteiger partial charge in [-0.3, -0.25) is 0 Å². The van der Waals surface area contributed by atoms with Crippen LogP contribution in [0.25, 0.3) is 11.1 Å². The van der Waals surface area contributed by atoms with Crippen LogP contribution < -0.4 is 4.74 Å². The summed E-state index contributed by atoms with van der Waals surface area (Å²) < 4.78 is 6.66. The topological polar surface area (TPSA) is 9.23 Å². The third kappa shape index (κ3) is 5.69. The summed E-state index contributed by atoms with van der Waals surface area (Å²) in [7, 11) is 0. The van der Waals surface area contributed by atoms with Crippen LogP contribution >= 0.6 is 15.9 Å². The summed E-state index contributed by atoms with van der Waals surface area (Å²) in [5, 5.41) is 0. The Morgan fingerprint density at radius 2 is 1.73 bits per heavy atom. The second-order valence-corrected chi connectivity index (χ2v) is 6.14. The third-order valence-electron chi connectivity index (χ3n) is 3.52. The minimum Gasteiger partial charge on any atom is -0.450 e. The molecule has 0 unspecified atom stereocenters. The molecule has 0 fully saturated rings. The molecule has 0 N–H and O–H groups in total. The highest BCUT2D eigenvalue weighted by molar-refractivity contribution is 9.11. The zero-order valence-corrected chi connectivity index (χ0v) is 14.7. The fourth-order valence-corrected chi connectivity index (χ4v) is 2.73. The van der Waals surface area contributed by atoms with E-state index in [9.17, 15) is 0 Å². The fraction of sp³-hybridized carbons (Fsp3) is 0.300. The molecule has 0 heterocycles. The first-order chi connectivity index (χ1) is 10.8. The Labute approximate surface area is 142 Å². The van der Waals surface area contributed by atoms with Gasteiger partial charge < -0.3 is 4.74 Å². The molecular formula is C20H23BrO. The van der Waals surface area contributed by atoms with Gasteiger partial charge in [-0.25, -0.2) is 0 Å². The predicted octanol–water partition coefficient (Wildman–Crippen LogP) is 6.94. The van der Waals surface area contributed by atoms with E-state index in [1.54, 1.807) is 0 Å². The zero-order valence-electron chi connectivity index (χ0n) is 13.1. The number of halogens is 1. The lowest BCUT2D eigenvalue weighted by molar-refractivity contribution is 0.466. The average Bonchev–Trinajstić information content (AvgIpc) is 2.56. The summed E-state index contributed by atoms with van der Waals surface area (Å²) in [6, 6.07) is 18.5. The van der Waals surface area contributed by atoms with Crippen LogP contribution in [0.3, 0.4) is 0 Å². The number of allylic oxidation sites excluding steroid dienone is 1. The van der Waals surface area contributed by atoms with Crippen molar-refractivity contribution in [2.24, 2.45) is 0 Å². The normalized spacial score (nSPS) is 11.5. The van der Waals surface area contributed by atoms with Crippen LogP contribution in [0.4, 0.5) is 0 Å². The number of unbranched alkanes of at least 4 members (excludes halogenated alkanes) is 4. The van der Waals surface area contributed by atoms with E-state index < -0.39 is 0 Å². The van der Waals surface area contributed by atoms with Crippen molar-refractivity contribution in [3.05, 3.63) is 65.3 Å². The second-order valence-electron chi connectivity index (χ2n) is 5.35. The maximum Gasteiger partial charge on any atom is 0.165 e. The predicted molar refractivity (Wildman–Crippen MR) is 98.3 cm³/mol. The van der Waals surface area contributed by atoms with Crippen molar-refractivity contribution in [1.82, 2.24) is 0 Å². The van der Waals surface area contributed by atoms with Gasteiger partial charge in [0.2, 0.25) is 0 Å². The molecule has 2 rings (SSSR count). The molecule has 2 aromatic carbocycles. The highest BCUT2D eigenvalue weighted by Crippen LogP contribution is 2.25. The Hall–Kier alpha value is -1.54. The molecule has 0 saturated heterocycles. The highest BCUT2D eigenvalue weighted by atomic mass is 79.9.